The number of thioether (sulfide) groups is 1. The fraction of sp³-hybridized carbons (Fsp3) is 0.375. The average Bonchev–Trinajstić information content (AvgIpc) is 3.20. The summed E-state index contributed by atoms with van der Waals surface area (Å²) >= 11 is 1.51. The molecule has 162 valence electrons. The molecular formula is C24H28N4O2S. The molecule has 1 aliphatic rings. The molecule has 4 rings (SSSR count). The number of rotatable bonds is 7. The van der Waals surface area contributed by atoms with Crippen molar-refractivity contribution in [2.75, 3.05) is 11.9 Å². The van der Waals surface area contributed by atoms with Gasteiger partial charge in [-0.25, -0.2) is 0 Å². The number of amides is 1. The third-order valence-corrected chi connectivity index (χ3v) is 6.65. The standard InChI is InChI=1S/C24H28N4O2S/c1-17-7-5-6-14-28(17)15-19-10-12-20(13-11-19)26-24(29)21-8-3-4-9-22(21)31-16-23-25-18(2)27-30-23/h3-4,8-13,17H,5-7,14-16H2,1-2H3,(H,26,29). The number of carbonyl (C=O) groups excluding carboxylic acids is 1. The van der Waals surface area contributed by atoms with E-state index in [2.05, 4.69) is 39.4 Å². The van der Waals surface area contributed by atoms with E-state index in [9.17, 15) is 4.79 Å². The van der Waals surface area contributed by atoms with Crippen molar-refractivity contribution in [2.24, 2.45) is 0 Å². The smallest absolute Gasteiger partial charge is 0.256 e. The molecular weight excluding hydrogens is 408 g/mol. The van der Waals surface area contributed by atoms with Crippen molar-refractivity contribution in [1.29, 1.82) is 0 Å². The second-order valence-corrected chi connectivity index (χ2v) is 9.00. The Balaban J connectivity index is 1.38. The summed E-state index contributed by atoms with van der Waals surface area (Å²) in [6.07, 6.45) is 3.89. The topological polar surface area (TPSA) is 71.3 Å². The van der Waals surface area contributed by atoms with Gasteiger partial charge in [0.15, 0.2) is 5.82 Å². The summed E-state index contributed by atoms with van der Waals surface area (Å²) in [7, 11) is 0. The molecule has 2 heterocycles. The molecule has 1 fully saturated rings. The van der Waals surface area contributed by atoms with E-state index in [0.717, 1.165) is 23.7 Å². The number of hydrogen-bond donors (Lipinski definition) is 1. The van der Waals surface area contributed by atoms with E-state index < -0.39 is 0 Å². The SMILES string of the molecule is Cc1noc(CSc2ccccc2C(=O)Nc2ccc(CN3CCCCC3C)cc2)n1. The molecule has 0 saturated carbocycles. The molecule has 0 spiro atoms. The lowest BCUT2D eigenvalue weighted by atomic mass is 10.0. The van der Waals surface area contributed by atoms with Crippen LogP contribution in [0.25, 0.3) is 0 Å². The van der Waals surface area contributed by atoms with Crippen LogP contribution in [0.5, 0.6) is 0 Å². The Morgan fingerprint density at radius 3 is 2.74 bits per heavy atom. The maximum atomic E-state index is 12.9. The van der Waals surface area contributed by atoms with Crippen LogP contribution in [0.4, 0.5) is 5.69 Å². The summed E-state index contributed by atoms with van der Waals surface area (Å²) in [6, 6.07) is 16.4. The number of nitrogens with one attached hydrogen (secondary N) is 1. The van der Waals surface area contributed by atoms with E-state index in [-0.39, 0.29) is 5.91 Å². The molecule has 6 nitrogen and oxygen atoms in total. The maximum Gasteiger partial charge on any atom is 0.256 e. The van der Waals surface area contributed by atoms with Gasteiger partial charge in [-0.3, -0.25) is 9.69 Å². The minimum absolute atomic E-state index is 0.123. The Morgan fingerprint density at radius 2 is 2.00 bits per heavy atom. The average molecular weight is 437 g/mol. The minimum atomic E-state index is -0.123. The predicted octanol–water partition coefficient (Wildman–Crippen LogP) is 5.30. The van der Waals surface area contributed by atoms with E-state index in [1.54, 1.807) is 6.92 Å². The second kappa shape index (κ2) is 10.1. The van der Waals surface area contributed by atoms with Gasteiger partial charge in [-0.2, -0.15) is 4.98 Å². The van der Waals surface area contributed by atoms with Crippen LogP contribution in [0.3, 0.4) is 0 Å². The third-order valence-electron chi connectivity index (χ3n) is 5.59. The van der Waals surface area contributed by atoms with Crippen molar-refractivity contribution >= 4 is 23.4 Å². The fourth-order valence-electron chi connectivity index (χ4n) is 3.84. The van der Waals surface area contributed by atoms with Crippen molar-refractivity contribution < 1.29 is 9.32 Å². The first-order valence-corrected chi connectivity index (χ1v) is 11.7. The van der Waals surface area contributed by atoms with Gasteiger partial charge < -0.3 is 9.84 Å². The van der Waals surface area contributed by atoms with Gasteiger partial charge in [0, 0.05) is 23.2 Å². The zero-order valence-electron chi connectivity index (χ0n) is 18.0. The summed E-state index contributed by atoms with van der Waals surface area (Å²) in [5.41, 5.74) is 2.71. The summed E-state index contributed by atoms with van der Waals surface area (Å²) < 4.78 is 5.17. The number of anilines is 1. The quantitative estimate of drug-likeness (QED) is 0.507. The molecule has 1 aromatic heterocycles. The molecule has 1 unspecified atom stereocenters. The van der Waals surface area contributed by atoms with Crippen LogP contribution in [0, 0.1) is 6.92 Å². The first kappa shape index (κ1) is 21.6. The highest BCUT2D eigenvalue weighted by Crippen LogP contribution is 2.27. The number of nitrogens with zero attached hydrogens (tertiary/aromatic N) is 3. The zero-order chi connectivity index (χ0) is 21.6. The predicted molar refractivity (Wildman–Crippen MR) is 123 cm³/mol. The fourth-order valence-corrected chi connectivity index (χ4v) is 4.72. The highest BCUT2D eigenvalue weighted by Gasteiger charge is 2.18. The Kier molecular flexibility index (Phi) is 7.04. The Morgan fingerprint density at radius 1 is 1.19 bits per heavy atom. The highest BCUT2D eigenvalue weighted by molar-refractivity contribution is 7.98. The van der Waals surface area contributed by atoms with Crippen molar-refractivity contribution in [1.82, 2.24) is 15.0 Å². The van der Waals surface area contributed by atoms with Gasteiger partial charge in [0.1, 0.15) is 0 Å². The van der Waals surface area contributed by atoms with Crippen LogP contribution >= 0.6 is 11.8 Å². The number of aromatic nitrogens is 2. The zero-order valence-corrected chi connectivity index (χ0v) is 18.8. The lowest BCUT2D eigenvalue weighted by Gasteiger charge is -2.33. The van der Waals surface area contributed by atoms with Crippen LogP contribution in [0.1, 0.15) is 53.8 Å². The van der Waals surface area contributed by atoms with E-state index >= 15 is 0 Å². The lowest BCUT2D eigenvalue weighted by molar-refractivity contribution is 0.102. The maximum absolute atomic E-state index is 12.9. The van der Waals surface area contributed by atoms with Crippen LogP contribution in [-0.4, -0.2) is 33.5 Å². The summed E-state index contributed by atoms with van der Waals surface area (Å²) in [5, 5.41) is 6.83. The molecule has 1 amide bonds. The summed E-state index contributed by atoms with van der Waals surface area (Å²) in [6.45, 7) is 6.22. The van der Waals surface area contributed by atoms with Crippen molar-refractivity contribution in [3.05, 3.63) is 71.4 Å². The minimum Gasteiger partial charge on any atom is -0.338 e. The van der Waals surface area contributed by atoms with Crippen molar-refractivity contribution in [3.63, 3.8) is 0 Å². The van der Waals surface area contributed by atoms with Crippen molar-refractivity contribution in [3.8, 4) is 0 Å². The van der Waals surface area contributed by atoms with Crippen LogP contribution < -0.4 is 5.32 Å². The van der Waals surface area contributed by atoms with Gasteiger partial charge in [0.25, 0.3) is 5.91 Å². The second-order valence-electron chi connectivity index (χ2n) is 7.99. The molecule has 0 bridgehead atoms. The van der Waals surface area contributed by atoms with E-state index in [1.807, 2.05) is 36.4 Å². The Bertz CT molecular complexity index is 1020. The molecule has 7 heteroatoms. The molecule has 1 saturated heterocycles. The van der Waals surface area contributed by atoms with E-state index in [4.69, 9.17) is 4.52 Å². The van der Waals surface area contributed by atoms with Crippen molar-refractivity contribution in [2.45, 2.75) is 56.3 Å². The first-order valence-electron chi connectivity index (χ1n) is 10.7. The number of aryl methyl sites for hydroxylation is 1. The number of piperidine rings is 1. The van der Waals surface area contributed by atoms with Crippen LogP contribution in [-0.2, 0) is 12.3 Å². The van der Waals surface area contributed by atoms with Gasteiger partial charge in [0.2, 0.25) is 5.89 Å². The van der Waals surface area contributed by atoms with Gasteiger partial charge in [0.05, 0.1) is 11.3 Å². The molecule has 2 aromatic carbocycles. The summed E-state index contributed by atoms with van der Waals surface area (Å²) in [4.78, 5) is 20.5. The number of hydrogen-bond acceptors (Lipinski definition) is 6. The molecule has 0 aliphatic carbocycles. The van der Waals surface area contributed by atoms with Crippen LogP contribution in [0.2, 0.25) is 0 Å². The molecule has 1 N–H and O–H groups in total. The van der Waals surface area contributed by atoms with E-state index in [0.29, 0.717) is 29.1 Å². The molecule has 3 aromatic rings. The van der Waals surface area contributed by atoms with Gasteiger partial charge in [-0.05, 0) is 63.1 Å². The highest BCUT2D eigenvalue weighted by atomic mass is 32.2. The van der Waals surface area contributed by atoms with Gasteiger partial charge >= 0.3 is 0 Å². The largest absolute Gasteiger partial charge is 0.338 e. The number of likely N-dealkylation sites (tertiary alicyclic amines) is 1. The monoisotopic (exact) mass is 436 g/mol. The Hall–Kier alpha value is -2.64. The molecule has 1 atom stereocenters. The van der Waals surface area contributed by atoms with Crippen LogP contribution in [0.15, 0.2) is 57.9 Å². The Labute approximate surface area is 187 Å². The normalized spacial score (nSPS) is 16.9. The number of benzene rings is 2. The number of carbonyl (C=O) groups is 1. The first-order chi connectivity index (χ1) is 15.1. The third kappa shape index (κ3) is 5.74. The van der Waals surface area contributed by atoms with E-state index in [1.165, 1.54) is 36.6 Å². The van der Waals surface area contributed by atoms with Gasteiger partial charge in [-0.1, -0.05) is 35.8 Å². The molecule has 0 radical (unpaired) electrons. The molecule has 31 heavy (non-hydrogen) atoms. The van der Waals surface area contributed by atoms with Gasteiger partial charge in [-0.15, -0.1) is 11.8 Å². The molecule has 1 aliphatic heterocycles. The lowest BCUT2D eigenvalue weighted by Crippen LogP contribution is -2.36. The summed E-state index contributed by atoms with van der Waals surface area (Å²) in [5.74, 6) is 1.56.